The molecule has 456 valence electrons. The second-order valence-electron chi connectivity index (χ2n) is 20.5. The predicted molar refractivity (Wildman–Crippen MR) is 296 cm³/mol. The maximum Gasteiger partial charge on any atom is 0.245 e. The van der Waals surface area contributed by atoms with Crippen molar-refractivity contribution in [3.8, 4) is 0 Å². The fraction of sp³-hybridized carbons (Fsp3) is 0.685. The monoisotopic (exact) mass is 1150 g/mol. The Morgan fingerprint density at radius 2 is 1.22 bits per heavy atom. The molecule has 27 heteroatoms. The van der Waals surface area contributed by atoms with Crippen LogP contribution in [0.2, 0.25) is 0 Å². The summed E-state index contributed by atoms with van der Waals surface area (Å²) in [7, 11) is 0. The van der Waals surface area contributed by atoms with Gasteiger partial charge in [0, 0.05) is 44.1 Å². The van der Waals surface area contributed by atoms with Crippen molar-refractivity contribution in [1.82, 2.24) is 42.5 Å². The molecular formula is C54H90N12O15. The van der Waals surface area contributed by atoms with Crippen molar-refractivity contribution in [1.29, 1.82) is 0 Å². The Morgan fingerprint density at radius 3 is 1.78 bits per heavy atom. The van der Waals surface area contributed by atoms with Crippen LogP contribution in [0.5, 0.6) is 0 Å². The summed E-state index contributed by atoms with van der Waals surface area (Å²) in [5.41, 5.74) is 23.8. The van der Waals surface area contributed by atoms with Crippen LogP contribution < -0.4 is 65.5 Å². The molecule has 1 aromatic rings. The average Bonchev–Trinajstić information content (AvgIpc) is 3.43. The molecule has 8 amide bonds. The second kappa shape index (κ2) is 38.4. The van der Waals surface area contributed by atoms with Gasteiger partial charge in [0.1, 0.15) is 42.0 Å². The first kappa shape index (κ1) is 70.8. The highest BCUT2D eigenvalue weighted by atomic mass is 16.3. The van der Waals surface area contributed by atoms with E-state index in [0.29, 0.717) is 12.0 Å². The molecule has 0 aromatic heterocycles. The molecule has 1 aliphatic rings. The number of hydrogen-bond acceptors (Lipinski definition) is 19. The third-order valence-electron chi connectivity index (χ3n) is 13.8. The molecule has 81 heavy (non-hydrogen) atoms. The van der Waals surface area contributed by atoms with Crippen LogP contribution in [0.3, 0.4) is 0 Å². The molecule has 0 unspecified atom stereocenters. The summed E-state index contributed by atoms with van der Waals surface area (Å²) in [6.45, 7) is 1.49. The van der Waals surface area contributed by atoms with Crippen LogP contribution in [0.4, 0.5) is 0 Å². The highest BCUT2D eigenvalue weighted by Gasteiger charge is 2.37. The van der Waals surface area contributed by atoms with Gasteiger partial charge >= 0.3 is 0 Å². The Kier molecular flexibility index (Phi) is 33.5. The molecule has 0 bridgehead atoms. The van der Waals surface area contributed by atoms with E-state index < -0.39 is 170 Å². The number of aliphatic hydroxyl groups is 4. The van der Waals surface area contributed by atoms with E-state index in [0.717, 1.165) is 25.7 Å². The normalized spacial score (nSPS) is 23.1. The number of rotatable bonds is 29. The van der Waals surface area contributed by atoms with Crippen LogP contribution in [0, 0.1) is 17.8 Å². The fourth-order valence-corrected chi connectivity index (χ4v) is 9.04. The number of amides is 8. The van der Waals surface area contributed by atoms with E-state index in [4.69, 9.17) is 22.9 Å². The molecule has 0 aliphatic carbocycles. The van der Waals surface area contributed by atoms with Crippen LogP contribution >= 0.6 is 0 Å². The summed E-state index contributed by atoms with van der Waals surface area (Å²) in [5.74, 6) is -13.4. The Bertz CT molecular complexity index is 2210. The molecule has 0 radical (unpaired) electrons. The van der Waals surface area contributed by atoms with E-state index in [1.165, 1.54) is 13.8 Å². The van der Waals surface area contributed by atoms with Crippen LogP contribution in [0.1, 0.15) is 116 Å². The summed E-state index contributed by atoms with van der Waals surface area (Å²) in [5, 5.41) is 61.9. The highest BCUT2D eigenvalue weighted by molar-refractivity contribution is 5.99. The van der Waals surface area contributed by atoms with E-state index in [1.807, 2.05) is 0 Å². The maximum atomic E-state index is 14.4. The summed E-state index contributed by atoms with van der Waals surface area (Å²) >= 11 is 0. The molecule has 1 heterocycles. The molecule has 0 saturated carbocycles. The van der Waals surface area contributed by atoms with Crippen molar-refractivity contribution in [3.05, 3.63) is 35.9 Å². The van der Waals surface area contributed by atoms with Crippen LogP contribution in [-0.4, -0.2) is 185 Å². The Hall–Kier alpha value is -6.33. The van der Waals surface area contributed by atoms with E-state index in [1.54, 1.807) is 30.3 Å². The largest absolute Gasteiger partial charge is 0.396 e. The van der Waals surface area contributed by atoms with E-state index in [2.05, 4.69) is 49.5 Å². The lowest BCUT2D eigenvalue weighted by Crippen LogP contribution is -2.60. The van der Waals surface area contributed by atoms with E-state index in [9.17, 15) is 73.2 Å². The third kappa shape index (κ3) is 25.1. The minimum Gasteiger partial charge on any atom is -0.396 e. The number of carbonyl (C=O) groups excluding carboxylic acids is 11. The van der Waals surface area contributed by atoms with Crippen molar-refractivity contribution in [2.75, 3.05) is 45.9 Å². The van der Waals surface area contributed by atoms with Gasteiger partial charge in [0.2, 0.25) is 47.3 Å². The average molecular weight is 1150 g/mol. The minimum absolute atomic E-state index is 0.0330. The highest BCUT2D eigenvalue weighted by Crippen LogP contribution is 2.19. The zero-order chi connectivity index (χ0) is 60.6. The Balaban J connectivity index is 2.61. The number of unbranched alkanes of at least 4 members (excludes halogenated alkanes) is 4. The second-order valence-corrected chi connectivity index (χ2v) is 20.5. The van der Waals surface area contributed by atoms with Gasteiger partial charge in [0.15, 0.2) is 11.6 Å². The first-order valence-electron chi connectivity index (χ1n) is 28.0. The predicted octanol–water partition coefficient (Wildman–Crippen LogP) is -4.63. The quantitative estimate of drug-likeness (QED) is 0.0336. The smallest absolute Gasteiger partial charge is 0.245 e. The van der Waals surface area contributed by atoms with E-state index in [-0.39, 0.29) is 76.9 Å². The summed E-state index contributed by atoms with van der Waals surface area (Å²) in [6, 6.07) is -2.62. The molecule has 1 aliphatic heterocycles. The van der Waals surface area contributed by atoms with E-state index >= 15 is 0 Å². The summed E-state index contributed by atoms with van der Waals surface area (Å²) in [6.07, 6.45) is -0.998. The van der Waals surface area contributed by atoms with Crippen molar-refractivity contribution in [2.24, 2.45) is 40.7 Å². The molecule has 1 saturated heterocycles. The van der Waals surface area contributed by atoms with Crippen molar-refractivity contribution >= 4 is 64.6 Å². The Labute approximate surface area is 473 Å². The van der Waals surface area contributed by atoms with Gasteiger partial charge in [-0.2, -0.15) is 0 Å². The molecule has 20 N–H and O–H groups in total. The molecule has 27 nitrogen and oxygen atoms in total. The summed E-state index contributed by atoms with van der Waals surface area (Å²) in [4.78, 5) is 152. The van der Waals surface area contributed by atoms with Crippen molar-refractivity contribution in [3.63, 3.8) is 0 Å². The zero-order valence-corrected chi connectivity index (χ0v) is 47.0. The molecule has 2 rings (SSSR count). The van der Waals surface area contributed by atoms with Crippen molar-refractivity contribution < 1.29 is 73.2 Å². The van der Waals surface area contributed by atoms with Gasteiger partial charge in [-0.15, -0.1) is 0 Å². The van der Waals surface area contributed by atoms with Crippen molar-refractivity contribution in [2.45, 2.75) is 172 Å². The topological polar surface area (TPSA) is 469 Å². The number of ketones is 3. The number of nitrogens with two attached hydrogens (primary N) is 4. The van der Waals surface area contributed by atoms with Gasteiger partial charge < -0.3 is 85.9 Å². The number of aliphatic hydroxyl groups excluding tert-OH is 4. The lowest BCUT2D eigenvalue weighted by molar-refractivity contribution is -0.137. The van der Waals surface area contributed by atoms with Crippen LogP contribution in [-0.2, 0) is 59.2 Å². The van der Waals surface area contributed by atoms with Gasteiger partial charge in [0.25, 0.3) is 0 Å². The lowest BCUT2D eigenvalue weighted by atomic mass is 9.90. The van der Waals surface area contributed by atoms with Gasteiger partial charge in [0.05, 0.1) is 37.4 Å². The molecule has 1 fully saturated rings. The number of nitrogens with one attached hydrogen (secondary N) is 8. The fourth-order valence-electron chi connectivity index (χ4n) is 9.04. The first-order chi connectivity index (χ1) is 38.6. The molecular weight excluding hydrogens is 1060 g/mol. The summed E-state index contributed by atoms with van der Waals surface area (Å²) < 4.78 is 0. The molecule has 0 spiro atoms. The first-order valence-corrected chi connectivity index (χ1v) is 28.0. The van der Waals surface area contributed by atoms with Gasteiger partial charge in [-0.05, 0) is 90.5 Å². The van der Waals surface area contributed by atoms with Crippen LogP contribution in [0.15, 0.2) is 30.3 Å². The SMILES string of the molecule is CCCCCCCC(=O)C[C@@H](CCN)C(=O)N[C@H](C(=O)C[C@H](CO)C(=O)N[C@H]1CCNC(=O)[C@H]([C@@H](C)O)NC(=O)[C@H](CCN)NC(=O)[C@H](CCN)NC(=O)[C@H](CO)NC(=O)[C@@H](Cc2ccccc2)CC(=O)[C@H](CCN)NC1=O)[C@@H](C)O. The number of Topliss-reactive ketones (excluding diaryl/α,β-unsaturated/α-hetero) is 3. The molecule has 12 atom stereocenters. The lowest BCUT2D eigenvalue weighted by Gasteiger charge is -2.27. The standard InChI is InChI=1S/C54H90N12O15/c1-4-5-6-7-11-14-37(71)26-34(15-20-55)47(74)65-45(31(2)69)44(73)28-36(29-67)49(76)61-41-19-24-59-54(81)46(32(3)70)66-52(79)40(18-23-58)62-50(77)39(17-22-57)63-53(80)42(30-68)64-48(75)35(25-33-12-9-8-10-13-33)27-43(72)38(16-21-56)60-51(41)78/h8-10,12-13,31-32,34-36,38-42,45-46,67-70H,4-7,11,14-30,55-58H2,1-3H3,(H,59,81)(H,60,78)(H,61,76)(H,62,77)(H,63,80)(H,64,75)(H,65,74)(H,66,79)/t31-,32-,34-,35+,36-,38+,39+,40+,41+,42+,45+,46+/m1/s1. The maximum absolute atomic E-state index is 14.4. The zero-order valence-electron chi connectivity index (χ0n) is 47.0. The molecule has 1 aromatic carbocycles. The van der Waals surface area contributed by atoms with Crippen LogP contribution in [0.25, 0.3) is 0 Å². The third-order valence-corrected chi connectivity index (χ3v) is 13.8. The number of benzene rings is 1. The Morgan fingerprint density at radius 1 is 0.654 bits per heavy atom. The minimum atomic E-state index is -1.71. The van der Waals surface area contributed by atoms with Gasteiger partial charge in [-0.3, -0.25) is 52.7 Å². The van der Waals surface area contributed by atoms with Gasteiger partial charge in [-0.25, -0.2) is 0 Å². The number of carbonyl (C=O) groups is 11. The van der Waals surface area contributed by atoms with Gasteiger partial charge in [-0.1, -0.05) is 62.9 Å². The number of hydrogen-bond donors (Lipinski definition) is 16.